The predicted molar refractivity (Wildman–Crippen MR) is 130 cm³/mol. The maximum absolute atomic E-state index is 11.0. The summed E-state index contributed by atoms with van der Waals surface area (Å²) in [6, 6.07) is 0. The lowest BCUT2D eigenvalue weighted by atomic mass is 10.0. The van der Waals surface area contributed by atoms with E-state index in [1.54, 1.807) is 0 Å². The third kappa shape index (κ3) is 22.3. The third-order valence-electron chi connectivity index (χ3n) is 6.16. The molecule has 28 heavy (non-hydrogen) atoms. The molecule has 1 atom stereocenters. The van der Waals surface area contributed by atoms with Crippen LogP contribution in [-0.4, -0.2) is 5.12 Å². The lowest BCUT2D eigenvalue weighted by Crippen LogP contribution is -2.03. The van der Waals surface area contributed by atoms with E-state index in [1.165, 1.54) is 135 Å². The summed E-state index contributed by atoms with van der Waals surface area (Å²) in [5, 5.41) is 0.0492. The lowest BCUT2D eigenvalue weighted by Gasteiger charge is -2.06. The zero-order valence-electron chi connectivity index (χ0n) is 19.5. The molecule has 0 saturated carbocycles. The molecule has 0 saturated heterocycles. The van der Waals surface area contributed by atoms with E-state index in [-0.39, 0.29) is 11.0 Å². The Kier molecular flexibility index (Phi) is 23.3. The molecule has 0 aliphatic carbocycles. The van der Waals surface area contributed by atoms with Gasteiger partial charge in [-0.15, -0.1) is 12.6 Å². The zero-order valence-corrected chi connectivity index (χ0v) is 20.4. The van der Waals surface area contributed by atoms with Crippen LogP contribution < -0.4 is 0 Å². The molecule has 0 radical (unpaired) electrons. The molecule has 1 nitrogen and oxygen atoms in total. The minimum Gasteiger partial charge on any atom is -0.287 e. The highest BCUT2D eigenvalue weighted by Crippen LogP contribution is 2.16. The first-order valence-corrected chi connectivity index (χ1v) is 13.4. The molecule has 0 aromatic heterocycles. The molecule has 0 rings (SSSR count). The summed E-state index contributed by atoms with van der Waals surface area (Å²) in [6.07, 6.45) is 30.8. The Balaban J connectivity index is 3.04. The van der Waals surface area contributed by atoms with Gasteiger partial charge in [-0.25, -0.2) is 0 Å². The number of unbranched alkanes of at least 4 members (excludes halogenated alkanes) is 20. The first-order valence-electron chi connectivity index (χ1n) is 12.9. The van der Waals surface area contributed by atoms with E-state index in [4.69, 9.17) is 0 Å². The molecule has 0 fully saturated rings. The van der Waals surface area contributed by atoms with Gasteiger partial charge < -0.3 is 0 Å². The summed E-state index contributed by atoms with van der Waals surface area (Å²) in [7, 11) is 0. The average Bonchev–Trinajstić information content (AvgIpc) is 2.68. The van der Waals surface area contributed by atoms with E-state index in [1.807, 2.05) is 6.92 Å². The van der Waals surface area contributed by atoms with Gasteiger partial charge in [0.05, 0.1) is 0 Å². The van der Waals surface area contributed by atoms with E-state index in [9.17, 15) is 4.79 Å². The van der Waals surface area contributed by atoms with Crippen LogP contribution in [0.5, 0.6) is 0 Å². The van der Waals surface area contributed by atoms with Gasteiger partial charge in [-0.3, -0.25) is 4.79 Å². The molecule has 0 aliphatic heterocycles. The summed E-state index contributed by atoms with van der Waals surface area (Å²) in [5.41, 5.74) is 0. The molecule has 168 valence electrons. The monoisotopic (exact) mass is 412 g/mol. The summed E-state index contributed by atoms with van der Waals surface area (Å²) in [6.45, 7) is 4.29. The van der Waals surface area contributed by atoms with Crippen LogP contribution >= 0.6 is 12.6 Å². The van der Waals surface area contributed by atoms with Gasteiger partial charge >= 0.3 is 0 Å². The summed E-state index contributed by atoms with van der Waals surface area (Å²) in [4.78, 5) is 11.0. The van der Waals surface area contributed by atoms with Crippen LogP contribution in [-0.2, 0) is 4.79 Å². The Bertz CT molecular complexity index is 316. The van der Waals surface area contributed by atoms with Gasteiger partial charge in [0.15, 0.2) is 5.12 Å². The van der Waals surface area contributed by atoms with Crippen molar-refractivity contribution >= 4 is 17.7 Å². The number of thiol groups is 1. The second kappa shape index (κ2) is 23.3. The van der Waals surface area contributed by atoms with Crippen molar-refractivity contribution in [3.8, 4) is 0 Å². The van der Waals surface area contributed by atoms with Gasteiger partial charge in [0.2, 0.25) is 0 Å². The molecule has 0 heterocycles. The Hall–Kier alpha value is 0.0200. The van der Waals surface area contributed by atoms with E-state index in [0.29, 0.717) is 0 Å². The van der Waals surface area contributed by atoms with E-state index < -0.39 is 0 Å². The molecule has 1 unspecified atom stereocenters. The average molecular weight is 413 g/mol. The van der Waals surface area contributed by atoms with Crippen LogP contribution in [0, 0.1) is 5.92 Å². The minimum atomic E-state index is 0.0492. The van der Waals surface area contributed by atoms with Gasteiger partial charge in [0.25, 0.3) is 0 Å². The minimum absolute atomic E-state index is 0.0492. The SMILES string of the molecule is CCCCCCCCCCCCCCCCCCCCCCCC(C)C(=O)S. The van der Waals surface area contributed by atoms with Crippen molar-refractivity contribution in [1.82, 2.24) is 0 Å². The number of hydrogen-bond acceptors (Lipinski definition) is 1. The zero-order chi connectivity index (χ0) is 20.7. The van der Waals surface area contributed by atoms with Gasteiger partial charge in [-0.2, -0.15) is 0 Å². The fraction of sp³-hybridized carbons (Fsp3) is 0.962. The van der Waals surface area contributed by atoms with Gasteiger partial charge in [-0.1, -0.05) is 149 Å². The first kappa shape index (κ1) is 28.0. The Morgan fingerprint density at radius 1 is 0.536 bits per heavy atom. The first-order chi connectivity index (χ1) is 13.7. The highest BCUT2D eigenvalue weighted by molar-refractivity contribution is 7.96. The number of carbonyl (C=O) groups is 1. The maximum atomic E-state index is 11.0. The second-order valence-electron chi connectivity index (χ2n) is 9.10. The van der Waals surface area contributed by atoms with Crippen LogP contribution in [0.3, 0.4) is 0 Å². The number of carbonyl (C=O) groups excluding carboxylic acids is 1. The lowest BCUT2D eigenvalue weighted by molar-refractivity contribution is -0.113. The smallest absolute Gasteiger partial charge is 0.188 e. The Morgan fingerprint density at radius 2 is 0.786 bits per heavy atom. The molecule has 0 amide bonds. The van der Waals surface area contributed by atoms with Crippen molar-refractivity contribution in [3.63, 3.8) is 0 Å². The van der Waals surface area contributed by atoms with Crippen molar-refractivity contribution in [3.05, 3.63) is 0 Å². The van der Waals surface area contributed by atoms with E-state index >= 15 is 0 Å². The van der Waals surface area contributed by atoms with E-state index in [0.717, 1.165) is 6.42 Å². The molecule has 0 aliphatic rings. The van der Waals surface area contributed by atoms with Crippen molar-refractivity contribution in [2.24, 2.45) is 5.92 Å². The normalized spacial score (nSPS) is 12.4. The highest BCUT2D eigenvalue weighted by atomic mass is 32.1. The molecule has 0 N–H and O–H groups in total. The maximum Gasteiger partial charge on any atom is 0.188 e. The fourth-order valence-corrected chi connectivity index (χ4v) is 4.14. The number of hydrogen-bond donors (Lipinski definition) is 1. The van der Waals surface area contributed by atoms with Crippen molar-refractivity contribution in [1.29, 1.82) is 0 Å². The van der Waals surface area contributed by atoms with Crippen molar-refractivity contribution in [2.45, 2.75) is 155 Å². The van der Waals surface area contributed by atoms with Gasteiger partial charge in [0, 0.05) is 5.92 Å². The summed E-state index contributed by atoms with van der Waals surface area (Å²) >= 11 is 3.90. The molecule has 0 aromatic carbocycles. The molecule has 2 heteroatoms. The Morgan fingerprint density at radius 3 is 1.04 bits per heavy atom. The standard InChI is InChI=1S/C26H52OS/c1-3-4-5-6-7-8-9-10-11-12-13-14-15-16-17-18-19-20-21-22-23-24-25(2)26(27)28/h25H,3-24H2,1-2H3,(H,27,28). The highest BCUT2D eigenvalue weighted by Gasteiger charge is 2.07. The molecular weight excluding hydrogens is 360 g/mol. The number of rotatable bonds is 23. The molecule has 0 spiro atoms. The van der Waals surface area contributed by atoms with Crippen molar-refractivity contribution in [2.75, 3.05) is 0 Å². The predicted octanol–water partition coefficient (Wildman–Crippen LogP) is 9.68. The van der Waals surface area contributed by atoms with E-state index in [2.05, 4.69) is 19.6 Å². The van der Waals surface area contributed by atoms with Crippen LogP contribution in [0.4, 0.5) is 0 Å². The topological polar surface area (TPSA) is 17.1 Å². The fourth-order valence-electron chi connectivity index (χ4n) is 4.01. The third-order valence-corrected chi connectivity index (χ3v) is 6.60. The molecular formula is C26H52OS. The molecule has 0 aromatic rings. The van der Waals surface area contributed by atoms with Gasteiger partial charge in [-0.05, 0) is 6.42 Å². The quantitative estimate of drug-likeness (QED) is 0.130. The molecule has 0 bridgehead atoms. The van der Waals surface area contributed by atoms with Crippen molar-refractivity contribution < 1.29 is 4.79 Å². The largest absolute Gasteiger partial charge is 0.287 e. The van der Waals surface area contributed by atoms with Crippen LogP contribution in [0.15, 0.2) is 0 Å². The summed E-state index contributed by atoms with van der Waals surface area (Å²) < 4.78 is 0. The van der Waals surface area contributed by atoms with Crippen LogP contribution in [0.1, 0.15) is 155 Å². The summed E-state index contributed by atoms with van der Waals surface area (Å²) in [5.74, 6) is 0.142. The van der Waals surface area contributed by atoms with Gasteiger partial charge in [0.1, 0.15) is 0 Å². The second-order valence-corrected chi connectivity index (χ2v) is 9.54. The Labute approximate surface area is 183 Å². The van der Waals surface area contributed by atoms with Crippen LogP contribution in [0.2, 0.25) is 0 Å². The van der Waals surface area contributed by atoms with Crippen LogP contribution in [0.25, 0.3) is 0 Å².